The number of rotatable bonds is 4. The van der Waals surface area contributed by atoms with E-state index in [1.165, 1.54) is 0 Å². The number of hydrogen-bond acceptors (Lipinski definition) is 2. The third-order valence-electron chi connectivity index (χ3n) is 5.97. The van der Waals surface area contributed by atoms with E-state index in [-0.39, 0.29) is 12.4 Å². The van der Waals surface area contributed by atoms with Crippen LogP contribution in [0.1, 0.15) is 21.7 Å². The molecule has 0 amide bonds. The van der Waals surface area contributed by atoms with Gasteiger partial charge in [0, 0.05) is 46.7 Å². The monoisotopic (exact) mass is 437 g/mol. The van der Waals surface area contributed by atoms with Crippen molar-refractivity contribution in [3.05, 3.63) is 51.8 Å². The van der Waals surface area contributed by atoms with E-state index < -0.39 is 0 Å². The maximum absolute atomic E-state index is 13.1. The number of aryl methyl sites for hydroxylation is 1. The second kappa shape index (κ2) is 7.47. The Kier molecular flexibility index (Phi) is 5.63. The summed E-state index contributed by atoms with van der Waals surface area (Å²) in [7, 11) is 0. The maximum atomic E-state index is 13.1. The minimum atomic E-state index is 0. The minimum absolute atomic E-state index is 0. The van der Waals surface area contributed by atoms with Crippen molar-refractivity contribution in [3.63, 3.8) is 0 Å². The average Bonchev–Trinajstić information content (AvgIpc) is 2.92. The zero-order valence-electron chi connectivity index (χ0n) is 15.3. The van der Waals surface area contributed by atoms with Crippen LogP contribution >= 0.6 is 15.9 Å². The zero-order valence-corrected chi connectivity index (χ0v) is 17.7. The molecule has 3 saturated heterocycles. The molecular weight excluding hydrogens is 414 g/mol. The summed E-state index contributed by atoms with van der Waals surface area (Å²) in [5.41, 5.74) is 4.17. The molecule has 1 aromatic carbocycles. The highest BCUT2D eigenvalue weighted by molar-refractivity contribution is 9.10. The largest absolute Gasteiger partial charge is 1.00 e. The number of aromatic nitrogens is 1. The molecular formula is C20H25BrClN3O. The third-order valence-corrected chi connectivity index (χ3v) is 6.50. The number of hydrogen-bond donors (Lipinski definition) is 0. The van der Waals surface area contributed by atoms with E-state index in [0.717, 1.165) is 70.9 Å². The fraction of sp³-hybridized carbons (Fsp3) is 0.450. The van der Waals surface area contributed by atoms with Gasteiger partial charge in [-0.2, -0.15) is 0 Å². The van der Waals surface area contributed by atoms with Crippen LogP contribution in [0, 0.1) is 13.8 Å². The molecule has 0 atom stereocenters. The molecule has 2 aromatic rings. The summed E-state index contributed by atoms with van der Waals surface area (Å²) in [4.78, 5) is 15.6. The third kappa shape index (κ3) is 3.50. The number of fused-ring (bicyclic) bond motifs is 3. The van der Waals surface area contributed by atoms with Gasteiger partial charge in [0.15, 0.2) is 0 Å². The first kappa shape index (κ1) is 19.6. The fourth-order valence-electron chi connectivity index (χ4n) is 4.39. The molecule has 140 valence electrons. The number of nitrogens with zero attached hydrogens (tertiary/aromatic N) is 3. The molecule has 1 aromatic heterocycles. The molecule has 0 saturated carbocycles. The van der Waals surface area contributed by atoms with Crippen molar-refractivity contribution in [1.29, 1.82) is 0 Å². The van der Waals surface area contributed by atoms with Crippen LogP contribution in [0.3, 0.4) is 0 Å². The minimum Gasteiger partial charge on any atom is -1.00 e. The number of Topliss-reactive ketones (excluding diaryl/α,β-unsaturated/α-hetero) is 1. The van der Waals surface area contributed by atoms with Crippen molar-refractivity contribution < 1.29 is 21.7 Å². The molecule has 0 N–H and O–H groups in total. The Morgan fingerprint density at radius 3 is 2.23 bits per heavy atom. The van der Waals surface area contributed by atoms with E-state index in [1.807, 2.05) is 12.1 Å². The topological polar surface area (TPSA) is 25.2 Å². The van der Waals surface area contributed by atoms with Crippen molar-refractivity contribution in [3.8, 4) is 5.69 Å². The fourth-order valence-corrected chi connectivity index (χ4v) is 4.66. The molecule has 0 radical (unpaired) electrons. The van der Waals surface area contributed by atoms with Crippen LogP contribution in [0.15, 0.2) is 34.8 Å². The lowest BCUT2D eigenvalue weighted by molar-refractivity contribution is -0.933. The number of quaternary nitrogens is 1. The first-order chi connectivity index (χ1) is 12.0. The summed E-state index contributed by atoms with van der Waals surface area (Å²) in [6, 6.07) is 10.3. The normalized spacial score (nSPS) is 24.3. The van der Waals surface area contributed by atoms with E-state index in [0.29, 0.717) is 12.3 Å². The highest BCUT2D eigenvalue weighted by Crippen LogP contribution is 2.25. The molecule has 3 aliphatic rings. The Hall–Kier alpha value is -1.14. The van der Waals surface area contributed by atoms with Crippen LogP contribution in [-0.4, -0.2) is 65.5 Å². The molecule has 3 fully saturated rings. The van der Waals surface area contributed by atoms with Gasteiger partial charge in [-0.3, -0.25) is 9.69 Å². The summed E-state index contributed by atoms with van der Waals surface area (Å²) in [5.74, 6) is 0.298. The van der Waals surface area contributed by atoms with Gasteiger partial charge in [0.05, 0.1) is 19.6 Å². The quantitative estimate of drug-likeness (QED) is 0.503. The standard InChI is InChI=1S/C20H25BrN3O.ClH/c1-15-13-19(16(2)23(15)18-5-3-17(21)4-6-18)20(25)14-24-10-7-22(8-11-24)9-12-24;/h3-6,13H,7-12,14H2,1-2H3;1H/q+1;/p-1. The van der Waals surface area contributed by atoms with Crippen molar-refractivity contribution in [2.45, 2.75) is 13.8 Å². The first-order valence-electron chi connectivity index (χ1n) is 9.03. The van der Waals surface area contributed by atoms with Gasteiger partial charge in [-0.05, 0) is 44.2 Å². The smallest absolute Gasteiger partial charge is 0.218 e. The van der Waals surface area contributed by atoms with E-state index in [2.05, 4.69) is 57.4 Å². The van der Waals surface area contributed by atoms with Crippen LogP contribution in [0.4, 0.5) is 0 Å². The predicted octanol–water partition coefficient (Wildman–Crippen LogP) is 0.189. The highest BCUT2D eigenvalue weighted by atomic mass is 79.9. The summed E-state index contributed by atoms with van der Waals surface area (Å²) in [6.45, 7) is 11.6. The summed E-state index contributed by atoms with van der Waals surface area (Å²) >= 11 is 3.49. The van der Waals surface area contributed by atoms with E-state index in [4.69, 9.17) is 0 Å². The van der Waals surface area contributed by atoms with Gasteiger partial charge >= 0.3 is 0 Å². The molecule has 6 heteroatoms. The SMILES string of the molecule is Cc1cc(C(=O)C[N+]23CCN(CC2)CC3)c(C)n1-c1ccc(Br)cc1.[Cl-]. The van der Waals surface area contributed by atoms with Gasteiger partial charge in [0.1, 0.15) is 6.54 Å². The molecule has 3 aliphatic heterocycles. The summed E-state index contributed by atoms with van der Waals surface area (Å²) < 4.78 is 4.24. The van der Waals surface area contributed by atoms with Gasteiger partial charge in [0.25, 0.3) is 0 Å². The Bertz CT molecular complexity index is 793. The molecule has 4 nitrogen and oxygen atoms in total. The molecule has 26 heavy (non-hydrogen) atoms. The van der Waals surface area contributed by atoms with E-state index in [9.17, 15) is 4.79 Å². The van der Waals surface area contributed by atoms with Gasteiger partial charge in [-0.15, -0.1) is 0 Å². The Balaban J connectivity index is 0.00000196. The second-order valence-electron chi connectivity index (χ2n) is 7.53. The van der Waals surface area contributed by atoms with E-state index in [1.54, 1.807) is 0 Å². The predicted molar refractivity (Wildman–Crippen MR) is 103 cm³/mol. The number of piperazine rings is 3. The lowest BCUT2D eigenvalue weighted by atomic mass is 10.1. The Morgan fingerprint density at radius 2 is 1.65 bits per heavy atom. The molecule has 0 unspecified atom stereocenters. The van der Waals surface area contributed by atoms with Gasteiger partial charge < -0.3 is 21.5 Å². The lowest BCUT2D eigenvalue weighted by Crippen LogP contribution is -3.00. The summed E-state index contributed by atoms with van der Waals surface area (Å²) in [6.07, 6.45) is 0. The highest BCUT2D eigenvalue weighted by Gasteiger charge is 2.40. The van der Waals surface area contributed by atoms with Crippen molar-refractivity contribution in [1.82, 2.24) is 9.47 Å². The van der Waals surface area contributed by atoms with Crippen molar-refractivity contribution in [2.24, 2.45) is 0 Å². The van der Waals surface area contributed by atoms with Gasteiger partial charge in [0.2, 0.25) is 5.78 Å². The molecule has 5 rings (SSSR count). The van der Waals surface area contributed by atoms with E-state index >= 15 is 0 Å². The maximum Gasteiger partial charge on any atom is 0.218 e. The van der Waals surface area contributed by atoms with Crippen LogP contribution < -0.4 is 12.4 Å². The molecule has 0 aliphatic carbocycles. The number of benzene rings is 1. The molecule has 0 spiro atoms. The number of carbonyl (C=O) groups is 1. The second-order valence-corrected chi connectivity index (χ2v) is 8.45. The average molecular weight is 439 g/mol. The summed E-state index contributed by atoms with van der Waals surface area (Å²) in [5, 5.41) is 0. The van der Waals surface area contributed by atoms with Crippen molar-refractivity contribution >= 4 is 21.7 Å². The van der Waals surface area contributed by atoms with Crippen LogP contribution in [0.2, 0.25) is 0 Å². The van der Waals surface area contributed by atoms with Crippen LogP contribution in [0.25, 0.3) is 5.69 Å². The van der Waals surface area contributed by atoms with Gasteiger partial charge in [-0.1, -0.05) is 15.9 Å². The lowest BCUT2D eigenvalue weighted by Gasteiger charge is -2.50. The van der Waals surface area contributed by atoms with Crippen molar-refractivity contribution in [2.75, 3.05) is 45.8 Å². The Labute approximate surface area is 169 Å². The number of ketones is 1. The zero-order chi connectivity index (χ0) is 17.6. The number of carbonyl (C=O) groups excluding carboxylic acids is 1. The Morgan fingerprint density at radius 1 is 1.08 bits per heavy atom. The molecule has 2 bridgehead atoms. The molecule has 4 heterocycles. The first-order valence-corrected chi connectivity index (χ1v) is 9.82. The van der Waals surface area contributed by atoms with Crippen LogP contribution in [0.5, 0.6) is 0 Å². The van der Waals surface area contributed by atoms with Gasteiger partial charge in [-0.25, -0.2) is 0 Å². The number of halogens is 2. The van der Waals surface area contributed by atoms with Crippen LogP contribution in [-0.2, 0) is 0 Å².